The second-order valence-corrected chi connectivity index (χ2v) is 8.44. The molecule has 8 heteroatoms. The van der Waals surface area contributed by atoms with Gasteiger partial charge in [0.1, 0.15) is 0 Å². The number of likely N-dealkylation sites (tertiary alicyclic amines) is 1. The van der Waals surface area contributed by atoms with Gasteiger partial charge in [-0.2, -0.15) is 18.3 Å². The van der Waals surface area contributed by atoms with Crippen molar-refractivity contribution in [3.05, 3.63) is 77.1 Å². The fourth-order valence-electron chi connectivity index (χ4n) is 4.46. The van der Waals surface area contributed by atoms with Crippen LogP contribution in [0.1, 0.15) is 47.8 Å². The van der Waals surface area contributed by atoms with E-state index in [0.717, 1.165) is 60.6 Å². The van der Waals surface area contributed by atoms with E-state index >= 15 is 0 Å². The Morgan fingerprint density at radius 2 is 1.76 bits per heavy atom. The number of halogens is 3. The van der Waals surface area contributed by atoms with E-state index in [-0.39, 0.29) is 18.5 Å². The number of rotatable bonds is 5. The summed E-state index contributed by atoms with van der Waals surface area (Å²) in [6, 6.07) is 14.9. The number of carbonyl (C=O) groups excluding carboxylic acids is 1. The summed E-state index contributed by atoms with van der Waals surface area (Å²) in [5.41, 5.74) is 3.31. The maximum absolute atomic E-state index is 13.0. The molecule has 2 heterocycles. The van der Waals surface area contributed by atoms with Crippen LogP contribution in [0.5, 0.6) is 0 Å². The maximum Gasteiger partial charge on any atom is 0.416 e. The number of hydrogen-bond acceptors (Lipinski definition) is 3. The minimum Gasteiger partial charge on any atom is -0.322 e. The Kier molecular flexibility index (Phi) is 6.56. The normalized spacial score (nSPS) is 17.2. The van der Waals surface area contributed by atoms with E-state index in [4.69, 9.17) is 0 Å². The minimum atomic E-state index is -4.36. The highest BCUT2D eigenvalue weighted by Gasteiger charge is 2.31. The van der Waals surface area contributed by atoms with Crippen LogP contribution in [0, 0.1) is 13.8 Å². The number of nitrogens with zero attached hydrogens (tertiary/aromatic N) is 3. The van der Waals surface area contributed by atoms with Crippen LogP contribution in [0.3, 0.4) is 0 Å². The predicted octanol–water partition coefficient (Wildman–Crippen LogP) is 5.67. The Morgan fingerprint density at radius 3 is 2.42 bits per heavy atom. The minimum absolute atomic E-state index is 0.0824. The van der Waals surface area contributed by atoms with Gasteiger partial charge in [0.2, 0.25) is 5.91 Å². The van der Waals surface area contributed by atoms with Gasteiger partial charge in [0.15, 0.2) is 0 Å². The second-order valence-electron chi connectivity index (χ2n) is 8.44. The fraction of sp³-hybridized carbons (Fsp3) is 0.360. The van der Waals surface area contributed by atoms with Gasteiger partial charge < -0.3 is 5.32 Å². The summed E-state index contributed by atoms with van der Waals surface area (Å²) in [4.78, 5) is 15.0. The van der Waals surface area contributed by atoms with Crippen molar-refractivity contribution in [2.24, 2.45) is 0 Å². The largest absolute Gasteiger partial charge is 0.416 e. The van der Waals surface area contributed by atoms with E-state index in [2.05, 4.69) is 10.4 Å². The molecule has 4 rings (SSSR count). The molecule has 3 aromatic rings. The molecule has 1 N–H and O–H groups in total. The molecular weight excluding hydrogens is 429 g/mol. The molecule has 0 radical (unpaired) electrons. The first-order valence-corrected chi connectivity index (χ1v) is 11.1. The lowest BCUT2D eigenvalue weighted by molar-refractivity contribution is -0.137. The first kappa shape index (κ1) is 23.0. The Bertz CT molecular complexity index is 1110. The highest BCUT2D eigenvalue weighted by atomic mass is 19.4. The zero-order valence-corrected chi connectivity index (χ0v) is 18.7. The van der Waals surface area contributed by atoms with E-state index in [0.29, 0.717) is 5.69 Å². The van der Waals surface area contributed by atoms with Gasteiger partial charge in [-0.15, -0.1) is 0 Å². The molecule has 0 aliphatic carbocycles. The van der Waals surface area contributed by atoms with E-state index in [9.17, 15) is 18.0 Å². The van der Waals surface area contributed by atoms with Crippen LogP contribution in [0.15, 0.2) is 54.6 Å². The van der Waals surface area contributed by atoms with Crippen molar-refractivity contribution in [2.45, 2.75) is 45.3 Å². The molecule has 0 saturated carbocycles. The number of hydrogen-bond donors (Lipinski definition) is 1. The van der Waals surface area contributed by atoms with Crippen molar-refractivity contribution in [1.82, 2.24) is 14.7 Å². The molecule has 1 unspecified atom stereocenters. The van der Waals surface area contributed by atoms with E-state index < -0.39 is 11.7 Å². The van der Waals surface area contributed by atoms with Crippen molar-refractivity contribution < 1.29 is 18.0 Å². The third-order valence-corrected chi connectivity index (χ3v) is 6.14. The van der Waals surface area contributed by atoms with Crippen molar-refractivity contribution in [2.75, 3.05) is 18.4 Å². The van der Waals surface area contributed by atoms with Gasteiger partial charge in [-0.25, -0.2) is 4.68 Å². The van der Waals surface area contributed by atoms with Crippen LogP contribution < -0.4 is 5.32 Å². The molecule has 33 heavy (non-hydrogen) atoms. The van der Waals surface area contributed by atoms with Crippen LogP contribution in [0.25, 0.3) is 5.69 Å². The van der Waals surface area contributed by atoms with Crippen molar-refractivity contribution in [3.8, 4) is 5.69 Å². The summed E-state index contributed by atoms with van der Waals surface area (Å²) >= 11 is 0. The highest BCUT2D eigenvalue weighted by molar-refractivity contribution is 5.93. The molecule has 174 valence electrons. The molecule has 2 aromatic carbocycles. The average molecular weight is 457 g/mol. The van der Waals surface area contributed by atoms with Gasteiger partial charge >= 0.3 is 6.18 Å². The number of piperidine rings is 1. The van der Waals surface area contributed by atoms with Crippen molar-refractivity contribution in [3.63, 3.8) is 0 Å². The number of aryl methyl sites for hydroxylation is 1. The number of anilines is 1. The zero-order chi connectivity index (χ0) is 23.6. The van der Waals surface area contributed by atoms with E-state index in [1.165, 1.54) is 12.1 Å². The predicted molar refractivity (Wildman–Crippen MR) is 121 cm³/mol. The number of benzene rings is 2. The van der Waals surface area contributed by atoms with Gasteiger partial charge in [0.25, 0.3) is 0 Å². The van der Waals surface area contributed by atoms with Gasteiger partial charge in [0, 0.05) is 6.04 Å². The number of nitrogens with one attached hydrogen (secondary N) is 1. The fourth-order valence-corrected chi connectivity index (χ4v) is 4.46. The molecule has 0 bridgehead atoms. The van der Waals surface area contributed by atoms with Crippen LogP contribution in [0.4, 0.5) is 18.9 Å². The number of amides is 1. The second kappa shape index (κ2) is 9.39. The van der Waals surface area contributed by atoms with Gasteiger partial charge in [-0.3, -0.25) is 9.69 Å². The Balaban J connectivity index is 1.48. The quantitative estimate of drug-likeness (QED) is 0.538. The van der Waals surface area contributed by atoms with Crippen LogP contribution in [-0.2, 0) is 11.0 Å². The zero-order valence-electron chi connectivity index (χ0n) is 18.7. The van der Waals surface area contributed by atoms with Crippen molar-refractivity contribution >= 4 is 11.6 Å². The van der Waals surface area contributed by atoms with Crippen LogP contribution in [-0.4, -0.2) is 33.7 Å². The monoisotopic (exact) mass is 456 g/mol. The summed E-state index contributed by atoms with van der Waals surface area (Å²) < 4.78 is 40.6. The summed E-state index contributed by atoms with van der Waals surface area (Å²) in [5.74, 6) is -0.160. The summed E-state index contributed by atoms with van der Waals surface area (Å²) in [6.45, 7) is 4.66. The van der Waals surface area contributed by atoms with Crippen molar-refractivity contribution in [1.29, 1.82) is 0 Å². The SMILES string of the molecule is Cc1nn(-c2ccccc2)c(C)c1NC(=O)CN1CCCCC1c1ccc(C(F)(F)F)cc1. The van der Waals surface area contributed by atoms with Gasteiger partial charge in [-0.05, 0) is 63.1 Å². The van der Waals surface area contributed by atoms with Gasteiger partial charge in [0.05, 0.1) is 34.9 Å². The maximum atomic E-state index is 13.0. The molecule has 5 nitrogen and oxygen atoms in total. The molecule has 0 spiro atoms. The molecular formula is C25H27F3N4O. The smallest absolute Gasteiger partial charge is 0.322 e. The number of aromatic nitrogens is 2. The molecule has 1 fully saturated rings. The number of para-hydroxylation sites is 1. The molecule has 1 atom stereocenters. The molecule has 1 amide bonds. The highest BCUT2D eigenvalue weighted by Crippen LogP contribution is 2.34. The Hall–Kier alpha value is -3.13. The van der Waals surface area contributed by atoms with E-state index in [1.54, 1.807) is 4.68 Å². The first-order valence-electron chi connectivity index (χ1n) is 11.1. The summed E-state index contributed by atoms with van der Waals surface area (Å²) in [5, 5.41) is 7.57. The van der Waals surface area contributed by atoms with Gasteiger partial charge in [-0.1, -0.05) is 36.8 Å². The topological polar surface area (TPSA) is 50.2 Å². The van der Waals surface area contributed by atoms with Crippen LogP contribution >= 0.6 is 0 Å². The molecule has 1 aliphatic heterocycles. The lowest BCUT2D eigenvalue weighted by Crippen LogP contribution is -2.39. The third-order valence-electron chi connectivity index (χ3n) is 6.14. The average Bonchev–Trinajstić information content (AvgIpc) is 3.08. The standard InChI is InChI=1S/C25H27F3N4O/c1-17-24(18(2)32(30-17)21-8-4-3-5-9-21)29-23(33)16-31-15-7-6-10-22(31)19-11-13-20(14-12-19)25(26,27)28/h3-5,8-9,11-14,22H,6-7,10,15-16H2,1-2H3,(H,29,33). The summed E-state index contributed by atoms with van der Waals surface area (Å²) in [7, 11) is 0. The third kappa shape index (κ3) is 5.11. The molecule has 1 aliphatic rings. The van der Waals surface area contributed by atoms with Crippen LogP contribution in [0.2, 0.25) is 0 Å². The number of alkyl halides is 3. The first-order chi connectivity index (χ1) is 15.7. The Labute approximate surface area is 191 Å². The molecule has 1 saturated heterocycles. The Morgan fingerprint density at radius 1 is 1.06 bits per heavy atom. The lowest BCUT2D eigenvalue weighted by Gasteiger charge is -2.35. The number of carbonyl (C=O) groups is 1. The lowest BCUT2D eigenvalue weighted by atomic mass is 9.94. The molecule has 1 aromatic heterocycles. The summed E-state index contributed by atoms with van der Waals surface area (Å²) in [6.07, 6.45) is -1.62. The van der Waals surface area contributed by atoms with E-state index in [1.807, 2.05) is 49.1 Å².